The Bertz CT molecular complexity index is 337. The molecular weight excluding hydrogens is 163 g/mol. The Morgan fingerprint density at radius 3 is 2.77 bits per heavy atom. The van der Waals surface area contributed by atoms with E-state index in [4.69, 9.17) is 18.3 Å². The van der Waals surface area contributed by atoms with Crippen LogP contribution >= 0.6 is 0 Å². The Morgan fingerprint density at radius 2 is 2.23 bits per heavy atom. The molecule has 1 aromatic rings. The van der Waals surface area contributed by atoms with Crippen LogP contribution in [-0.4, -0.2) is 28.2 Å². The van der Waals surface area contributed by atoms with E-state index in [0.717, 1.165) is 5.56 Å². The maximum atomic E-state index is 5.73. The van der Waals surface area contributed by atoms with E-state index in [2.05, 4.69) is 4.99 Å². The van der Waals surface area contributed by atoms with Crippen molar-refractivity contribution in [1.29, 1.82) is 0 Å². The van der Waals surface area contributed by atoms with E-state index in [9.17, 15) is 0 Å². The molecule has 0 aliphatic heterocycles. The van der Waals surface area contributed by atoms with Gasteiger partial charge in [-0.3, -0.25) is 4.99 Å². The zero-order valence-electron chi connectivity index (χ0n) is 7.74. The van der Waals surface area contributed by atoms with Crippen molar-refractivity contribution in [1.82, 2.24) is 0 Å². The molecule has 0 aromatic heterocycles. The lowest BCUT2D eigenvalue weighted by Gasteiger charge is -2.10. The Hall–Kier alpha value is -1.45. The third-order valence-electron chi connectivity index (χ3n) is 1.72. The van der Waals surface area contributed by atoms with Gasteiger partial charge in [-0.05, 0) is 6.07 Å². The predicted molar refractivity (Wildman–Crippen MR) is 56.3 cm³/mol. The van der Waals surface area contributed by atoms with E-state index < -0.39 is 0 Å². The molecule has 0 fully saturated rings. The van der Waals surface area contributed by atoms with Gasteiger partial charge in [-0.1, -0.05) is 11.5 Å². The third-order valence-corrected chi connectivity index (χ3v) is 1.72. The first-order valence-electron chi connectivity index (χ1n) is 3.84. The molecule has 0 saturated heterocycles. The number of hydrogen-bond donors (Lipinski definition) is 1. The maximum absolute atomic E-state index is 5.73. The van der Waals surface area contributed by atoms with Gasteiger partial charge in [0.15, 0.2) is 0 Å². The summed E-state index contributed by atoms with van der Waals surface area (Å²) >= 11 is 0. The minimum Gasteiger partial charge on any atom is -0.497 e. The summed E-state index contributed by atoms with van der Waals surface area (Å²) in [4.78, 5) is 3.88. The first kappa shape index (κ1) is 9.64. The van der Waals surface area contributed by atoms with E-state index >= 15 is 0 Å². The van der Waals surface area contributed by atoms with Crippen LogP contribution < -0.4 is 15.9 Å². The van der Waals surface area contributed by atoms with Crippen LogP contribution in [0.4, 0.5) is 5.69 Å². The van der Waals surface area contributed by atoms with Crippen molar-refractivity contribution in [3.63, 3.8) is 0 Å². The molecule has 0 aliphatic rings. The monoisotopic (exact) mass is 174 g/mol. The van der Waals surface area contributed by atoms with Crippen molar-refractivity contribution in [3.8, 4) is 5.75 Å². The maximum Gasteiger partial charge on any atom is 0.122 e. The summed E-state index contributed by atoms with van der Waals surface area (Å²) in [5, 5.41) is 0. The molecule has 3 nitrogen and oxygen atoms in total. The number of nitrogen functional groups attached to an aromatic ring is 1. The summed E-state index contributed by atoms with van der Waals surface area (Å²) in [5.74, 6) is 0.575. The first-order valence-corrected chi connectivity index (χ1v) is 3.84. The Kier molecular flexibility index (Phi) is 2.95. The molecule has 0 unspecified atom stereocenters. The van der Waals surface area contributed by atoms with Crippen molar-refractivity contribution in [2.75, 3.05) is 19.9 Å². The summed E-state index contributed by atoms with van der Waals surface area (Å²) in [7, 11) is 8.91. The van der Waals surface area contributed by atoms with Gasteiger partial charge in [0.2, 0.25) is 0 Å². The Labute approximate surface area is 79.0 Å². The molecule has 2 radical (unpaired) electrons. The van der Waals surface area contributed by atoms with Crippen LogP contribution in [0, 0.1) is 0 Å². The minimum absolute atomic E-state index is 0.562. The number of methoxy groups -OCH3 is 1. The summed E-state index contributed by atoms with van der Waals surface area (Å²) in [5.41, 5.74) is 7.62. The van der Waals surface area contributed by atoms with Crippen molar-refractivity contribution in [2.45, 2.75) is 0 Å². The largest absolute Gasteiger partial charge is 0.497 e. The van der Waals surface area contributed by atoms with E-state index in [1.54, 1.807) is 32.5 Å². The number of anilines is 1. The van der Waals surface area contributed by atoms with Gasteiger partial charge in [0, 0.05) is 18.9 Å². The van der Waals surface area contributed by atoms with Gasteiger partial charge in [0.25, 0.3) is 0 Å². The second-order valence-corrected chi connectivity index (χ2v) is 2.58. The highest BCUT2D eigenvalue weighted by molar-refractivity contribution is 6.35. The summed E-state index contributed by atoms with van der Waals surface area (Å²) in [6.07, 6.45) is 1.63. The van der Waals surface area contributed by atoms with Crippen LogP contribution in [0.3, 0.4) is 0 Å². The van der Waals surface area contributed by atoms with E-state index in [0.29, 0.717) is 16.9 Å². The molecule has 0 saturated carbocycles. The molecule has 0 atom stereocenters. The normalized spacial score (nSPS) is 10.6. The molecule has 0 bridgehead atoms. The van der Waals surface area contributed by atoms with E-state index in [1.165, 1.54) is 0 Å². The smallest absolute Gasteiger partial charge is 0.122 e. The molecule has 0 spiro atoms. The number of nitrogens with zero attached hydrogens (tertiary/aromatic N) is 1. The number of ether oxygens (including phenoxy) is 1. The predicted octanol–water partition coefficient (Wildman–Crippen LogP) is 0.120. The van der Waals surface area contributed by atoms with Crippen LogP contribution in [0.15, 0.2) is 17.1 Å². The SMILES string of the molecule is [B]c1ccc(N)c(C=NC)c1OC. The molecule has 0 heterocycles. The lowest BCUT2D eigenvalue weighted by Crippen LogP contribution is -2.11. The van der Waals surface area contributed by atoms with Crippen LogP contribution in [0.25, 0.3) is 0 Å². The fraction of sp³-hybridized carbons (Fsp3) is 0.222. The van der Waals surface area contributed by atoms with Crippen molar-refractivity contribution in [2.24, 2.45) is 4.99 Å². The highest BCUT2D eigenvalue weighted by Gasteiger charge is 2.06. The van der Waals surface area contributed by atoms with Gasteiger partial charge >= 0.3 is 0 Å². The molecule has 66 valence electrons. The first-order chi connectivity index (χ1) is 6.20. The fourth-order valence-electron chi connectivity index (χ4n) is 1.12. The lowest BCUT2D eigenvalue weighted by atomic mass is 9.92. The van der Waals surface area contributed by atoms with E-state index in [-0.39, 0.29) is 0 Å². The number of nitrogens with two attached hydrogens (primary N) is 1. The molecule has 2 N–H and O–H groups in total. The average molecular weight is 174 g/mol. The van der Waals surface area contributed by atoms with Crippen LogP contribution in [0.1, 0.15) is 5.56 Å². The van der Waals surface area contributed by atoms with Gasteiger partial charge in [-0.25, -0.2) is 0 Å². The van der Waals surface area contributed by atoms with Crippen LogP contribution in [0.2, 0.25) is 0 Å². The van der Waals surface area contributed by atoms with Gasteiger partial charge in [-0.2, -0.15) is 0 Å². The van der Waals surface area contributed by atoms with Crippen LogP contribution in [0.5, 0.6) is 5.75 Å². The highest BCUT2D eigenvalue weighted by Crippen LogP contribution is 2.19. The van der Waals surface area contributed by atoms with Crippen molar-refractivity contribution < 1.29 is 4.74 Å². The Balaban J connectivity index is 3.34. The molecule has 0 amide bonds. The zero-order chi connectivity index (χ0) is 9.84. The summed E-state index contributed by atoms with van der Waals surface area (Å²) in [6, 6.07) is 3.44. The zero-order valence-corrected chi connectivity index (χ0v) is 7.74. The average Bonchev–Trinajstić information content (AvgIpc) is 2.12. The molecule has 13 heavy (non-hydrogen) atoms. The molecule has 1 aromatic carbocycles. The number of hydrogen-bond acceptors (Lipinski definition) is 3. The van der Waals surface area contributed by atoms with Crippen molar-refractivity contribution >= 4 is 25.2 Å². The highest BCUT2D eigenvalue weighted by atomic mass is 16.5. The van der Waals surface area contributed by atoms with Gasteiger partial charge in [0.05, 0.1) is 12.7 Å². The second-order valence-electron chi connectivity index (χ2n) is 2.58. The molecule has 0 aliphatic carbocycles. The fourth-order valence-corrected chi connectivity index (χ4v) is 1.12. The lowest BCUT2D eigenvalue weighted by molar-refractivity contribution is 0.418. The minimum atomic E-state index is 0.562. The number of aliphatic imine (C=N–C) groups is 1. The second kappa shape index (κ2) is 3.98. The van der Waals surface area contributed by atoms with Gasteiger partial charge < -0.3 is 10.5 Å². The van der Waals surface area contributed by atoms with Gasteiger partial charge in [-0.15, -0.1) is 0 Å². The summed E-state index contributed by atoms with van der Waals surface area (Å²) in [6.45, 7) is 0. The number of benzene rings is 1. The summed E-state index contributed by atoms with van der Waals surface area (Å²) < 4.78 is 5.11. The van der Waals surface area contributed by atoms with Crippen LogP contribution in [-0.2, 0) is 0 Å². The molecule has 1 rings (SSSR count). The molecule has 4 heteroatoms. The Morgan fingerprint density at radius 1 is 1.54 bits per heavy atom. The quantitative estimate of drug-likeness (QED) is 0.393. The molecular formula is C9H11BN2O. The van der Waals surface area contributed by atoms with Crippen molar-refractivity contribution in [3.05, 3.63) is 17.7 Å². The third kappa shape index (κ3) is 1.83. The van der Waals surface area contributed by atoms with E-state index in [1.807, 2.05) is 0 Å². The topological polar surface area (TPSA) is 47.6 Å². The van der Waals surface area contributed by atoms with Gasteiger partial charge in [0.1, 0.15) is 13.6 Å². The number of rotatable bonds is 2. The standard InChI is InChI=1S/C9H11BN2O/c1-12-5-6-8(11)4-3-7(10)9(6)13-2/h3-5H,11H2,1-2H3.